The van der Waals surface area contributed by atoms with Crippen molar-refractivity contribution in [1.29, 1.82) is 0 Å². The minimum Gasteiger partial charge on any atom is -0.465 e. The van der Waals surface area contributed by atoms with Crippen LogP contribution in [0.3, 0.4) is 0 Å². The Kier molecular flexibility index (Phi) is 3.90. The van der Waals surface area contributed by atoms with Crippen molar-refractivity contribution >= 4 is 17.3 Å². The first kappa shape index (κ1) is 14.7. The molecule has 1 aromatic carbocycles. The van der Waals surface area contributed by atoms with Crippen LogP contribution in [0.5, 0.6) is 0 Å². The van der Waals surface area contributed by atoms with Gasteiger partial charge in [-0.25, -0.2) is 4.79 Å². The number of anilines is 2. The van der Waals surface area contributed by atoms with Gasteiger partial charge in [-0.1, -0.05) is 0 Å². The molecule has 5 heteroatoms. The van der Waals surface area contributed by atoms with Crippen molar-refractivity contribution in [2.24, 2.45) is 0 Å². The maximum Gasteiger partial charge on any atom is 0.340 e. The number of nitrogens with zero attached hydrogens (tertiary/aromatic N) is 1. The molecule has 0 aliphatic carbocycles. The molecule has 1 aliphatic rings. The van der Waals surface area contributed by atoms with Crippen LogP contribution in [-0.4, -0.2) is 37.9 Å². The summed E-state index contributed by atoms with van der Waals surface area (Å²) in [7, 11) is 1.36. The number of morpholine rings is 1. The Balaban J connectivity index is 2.31. The number of methoxy groups -OCH3 is 1. The number of benzene rings is 1. The van der Waals surface area contributed by atoms with E-state index < -0.39 is 5.97 Å². The normalized spacial score (nSPS) is 21.6. The third-order valence-electron chi connectivity index (χ3n) is 3.38. The van der Waals surface area contributed by atoms with Crippen molar-refractivity contribution in [3.63, 3.8) is 0 Å². The predicted molar refractivity (Wildman–Crippen MR) is 79.0 cm³/mol. The highest BCUT2D eigenvalue weighted by atomic mass is 16.5. The molecule has 2 rings (SSSR count). The highest BCUT2D eigenvalue weighted by molar-refractivity contribution is 5.96. The molecule has 1 heterocycles. The molecule has 0 bridgehead atoms. The molecule has 0 amide bonds. The number of hydrogen-bond acceptors (Lipinski definition) is 5. The molecule has 0 aromatic heterocycles. The molecule has 1 fully saturated rings. The third kappa shape index (κ3) is 3.04. The van der Waals surface area contributed by atoms with Crippen LogP contribution in [0.4, 0.5) is 11.4 Å². The van der Waals surface area contributed by atoms with Crippen molar-refractivity contribution in [2.75, 3.05) is 30.8 Å². The lowest BCUT2D eigenvalue weighted by Gasteiger charge is -2.43. The van der Waals surface area contributed by atoms with E-state index in [0.717, 1.165) is 18.8 Å². The quantitative estimate of drug-likeness (QED) is 0.662. The summed E-state index contributed by atoms with van der Waals surface area (Å²) < 4.78 is 10.6. The van der Waals surface area contributed by atoms with E-state index >= 15 is 0 Å². The number of esters is 1. The number of rotatable bonds is 2. The van der Waals surface area contributed by atoms with Crippen LogP contribution in [0.15, 0.2) is 18.2 Å². The van der Waals surface area contributed by atoms with Gasteiger partial charge in [0.1, 0.15) is 0 Å². The van der Waals surface area contributed by atoms with Gasteiger partial charge in [-0.2, -0.15) is 0 Å². The minimum absolute atomic E-state index is 0.137. The van der Waals surface area contributed by atoms with Gasteiger partial charge in [0.05, 0.1) is 24.4 Å². The van der Waals surface area contributed by atoms with Gasteiger partial charge in [0.25, 0.3) is 0 Å². The lowest BCUT2D eigenvalue weighted by atomic mass is 10.0. The molecular weight excluding hydrogens is 256 g/mol. The van der Waals surface area contributed by atoms with Crippen LogP contribution in [0.25, 0.3) is 0 Å². The fourth-order valence-corrected chi connectivity index (χ4v) is 2.68. The van der Waals surface area contributed by atoms with Gasteiger partial charge in [-0.3, -0.25) is 0 Å². The van der Waals surface area contributed by atoms with E-state index in [2.05, 4.69) is 18.7 Å². The first-order valence-electron chi connectivity index (χ1n) is 6.73. The topological polar surface area (TPSA) is 64.8 Å². The molecule has 2 N–H and O–H groups in total. The van der Waals surface area contributed by atoms with Crippen molar-refractivity contribution in [1.82, 2.24) is 0 Å². The van der Waals surface area contributed by atoms with Crippen molar-refractivity contribution in [2.45, 2.75) is 32.5 Å². The third-order valence-corrected chi connectivity index (χ3v) is 3.38. The monoisotopic (exact) mass is 278 g/mol. The van der Waals surface area contributed by atoms with E-state index in [9.17, 15) is 4.79 Å². The lowest BCUT2D eigenvalue weighted by Crippen LogP contribution is -2.52. The van der Waals surface area contributed by atoms with E-state index in [1.165, 1.54) is 7.11 Å². The van der Waals surface area contributed by atoms with Gasteiger partial charge in [-0.15, -0.1) is 0 Å². The minimum atomic E-state index is -0.412. The molecule has 1 aromatic rings. The van der Waals surface area contributed by atoms with E-state index in [0.29, 0.717) is 11.3 Å². The molecule has 1 aliphatic heterocycles. The van der Waals surface area contributed by atoms with Gasteiger partial charge in [-0.05, 0) is 39.0 Å². The number of carbonyl (C=O) groups excluding carboxylic acids is 1. The van der Waals surface area contributed by atoms with Crippen LogP contribution >= 0.6 is 0 Å². The number of hydrogen-bond donors (Lipinski definition) is 1. The fraction of sp³-hybridized carbons (Fsp3) is 0.533. The number of nitrogens with two attached hydrogens (primary N) is 1. The highest BCUT2D eigenvalue weighted by Gasteiger charge is 2.31. The molecular formula is C15H22N2O3. The second-order valence-electron chi connectivity index (χ2n) is 5.83. The average Bonchev–Trinajstić information content (AvgIpc) is 2.36. The lowest BCUT2D eigenvalue weighted by molar-refractivity contribution is -0.0749. The molecule has 1 saturated heterocycles. The number of ether oxygens (including phenoxy) is 2. The van der Waals surface area contributed by atoms with Crippen LogP contribution < -0.4 is 10.6 Å². The Bertz CT molecular complexity index is 514. The summed E-state index contributed by atoms with van der Waals surface area (Å²) in [5, 5.41) is 0. The molecule has 0 saturated carbocycles. The smallest absolute Gasteiger partial charge is 0.340 e. The summed E-state index contributed by atoms with van der Waals surface area (Å²) in [4.78, 5) is 13.9. The van der Waals surface area contributed by atoms with Crippen LogP contribution in [0, 0.1) is 0 Å². The summed E-state index contributed by atoms with van der Waals surface area (Å²) in [6, 6.07) is 5.46. The van der Waals surface area contributed by atoms with Gasteiger partial charge in [0, 0.05) is 24.5 Å². The number of carbonyl (C=O) groups is 1. The molecule has 20 heavy (non-hydrogen) atoms. The Hall–Kier alpha value is -1.75. The maximum atomic E-state index is 11.7. The molecule has 0 radical (unpaired) electrons. The van der Waals surface area contributed by atoms with Crippen LogP contribution in [-0.2, 0) is 9.47 Å². The molecule has 1 unspecified atom stereocenters. The average molecular weight is 278 g/mol. The van der Waals surface area contributed by atoms with Gasteiger partial charge < -0.3 is 20.1 Å². The standard InChI is InChI=1S/C15H22N2O3/c1-10-8-17(9-15(2,3)20-10)11-5-6-13(16)12(7-11)14(18)19-4/h5-7,10H,8-9,16H2,1-4H3. The van der Waals surface area contributed by atoms with E-state index in [-0.39, 0.29) is 11.7 Å². The van der Waals surface area contributed by atoms with Crippen LogP contribution in [0.2, 0.25) is 0 Å². The Morgan fingerprint density at radius 3 is 2.80 bits per heavy atom. The summed E-state index contributed by atoms with van der Waals surface area (Å²) in [5.41, 5.74) is 7.41. The first-order chi connectivity index (χ1) is 9.32. The zero-order valence-electron chi connectivity index (χ0n) is 12.5. The predicted octanol–water partition coefficient (Wildman–Crippen LogP) is 2.06. The van der Waals surface area contributed by atoms with E-state index in [1.807, 2.05) is 13.0 Å². The maximum absolute atomic E-state index is 11.7. The largest absolute Gasteiger partial charge is 0.465 e. The van der Waals surface area contributed by atoms with Gasteiger partial charge in [0.2, 0.25) is 0 Å². The second kappa shape index (κ2) is 5.32. The first-order valence-corrected chi connectivity index (χ1v) is 6.73. The van der Waals surface area contributed by atoms with Crippen molar-refractivity contribution in [3.05, 3.63) is 23.8 Å². The SMILES string of the molecule is COC(=O)c1cc(N2CC(C)OC(C)(C)C2)ccc1N. The Morgan fingerprint density at radius 2 is 2.20 bits per heavy atom. The van der Waals surface area contributed by atoms with Gasteiger partial charge in [0.15, 0.2) is 0 Å². The van der Waals surface area contributed by atoms with Crippen molar-refractivity contribution in [3.8, 4) is 0 Å². The summed E-state index contributed by atoms with van der Waals surface area (Å²) in [6.07, 6.45) is 0.137. The second-order valence-corrected chi connectivity index (χ2v) is 5.83. The Morgan fingerprint density at radius 1 is 1.50 bits per heavy atom. The number of nitrogen functional groups attached to an aromatic ring is 1. The van der Waals surface area contributed by atoms with Crippen LogP contribution in [0.1, 0.15) is 31.1 Å². The molecule has 110 valence electrons. The zero-order chi connectivity index (χ0) is 14.9. The molecule has 0 spiro atoms. The van der Waals surface area contributed by atoms with Crippen molar-refractivity contribution < 1.29 is 14.3 Å². The zero-order valence-corrected chi connectivity index (χ0v) is 12.5. The Labute approximate surface area is 119 Å². The summed E-state index contributed by atoms with van der Waals surface area (Å²) in [5.74, 6) is -0.412. The molecule has 1 atom stereocenters. The summed E-state index contributed by atoms with van der Waals surface area (Å²) in [6.45, 7) is 7.73. The van der Waals surface area contributed by atoms with Gasteiger partial charge >= 0.3 is 5.97 Å². The van der Waals surface area contributed by atoms with E-state index in [4.69, 9.17) is 15.2 Å². The fourth-order valence-electron chi connectivity index (χ4n) is 2.68. The highest BCUT2D eigenvalue weighted by Crippen LogP contribution is 2.28. The van der Waals surface area contributed by atoms with E-state index in [1.54, 1.807) is 12.1 Å². The summed E-state index contributed by atoms with van der Waals surface area (Å²) >= 11 is 0. The molecule has 5 nitrogen and oxygen atoms in total.